The van der Waals surface area contributed by atoms with Gasteiger partial charge in [0.05, 0.1) is 12.2 Å². The van der Waals surface area contributed by atoms with Crippen molar-refractivity contribution in [3.63, 3.8) is 0 Å². The Labute approximate surface area is 173 Å². The Morgan fingerprint density at radius 3 is 2.61 bits per heavy atom. The summed E-state index contributed by atoms with van der Waals surface area (Å²) in [6.07, 6.45) is 15.4. The van der Waals surface area contributed by atoms with Gasteiger partial charge in [0.1, 0.15) is 0 Å². The fourth-order valence-corrected chi connectivity index (χ4v) is 8.28. The van der Waals surface area contributed by atoms with Gasteiger partial charge in [-0.2, -0.15) is 0 Å². The maximum absolute atomic E-state index is 10.4. The van der Waals surface area contributed by atoms with Crippen LogP contribution in [-0.2, 0) is 0 Å². The van der Waals surface area contributed by atoms with E-state index in [0.29, 0.717) is 16.7 Å². The predicted octanol–water partition coefficient (Wildman–Crippen LogP) is 6.11. The van der Waals surface area contributed by atoms with Gasteiger partial charge in [-0.25, -0.2) is 0 Å². The van der Waals surface area contributed by atoms with Crippen molar-refractivity contribution in [2.75, 3.05) is 0 Å². The predicted molar refractivity (Wildman–Crippen MR) is 116 cm³/mol. The largest absolute Gasteiger partial charge is 0.393 e. The van der Waals surface area contributed by atoms with E-state index in [0.717, 1.165) is 49.4 Å². The van der Waals surface area contributed by atoms with Gasteiger partial charge in [0.2, 0.25) is 0 Å². The van der Waals surface area contributed by atoms with E-state index in [4.69, 9.17) is 0 Å². The Morgan fingerprint density at radius 2 is 1.86 bits per heavy atom. The van der Waals surface area contributed by atoms with Crippen LogP contribution in [0.2, 0.25) is 0 Å². The normalized spacial score (nSPS) is 46.5. The Hall–Kier alpha value is -0.340. The van der Waals surface area contributed by atoms with Crippen LogP contribution in [0.4, 0.5) is 0 Å². The standard InChI is InChI=1S/C26H44O2/c1-17(2)15-20(27)8-5-18-7-10-23-22-9-6-19-16-21(28)11-13-26(19,4)24(22)12-14-25(18,23)3/h6,17-18,20-24,27-28H,5,7-16H2,1-4H3. The molecule has 4 aliphatic rings. The highest BCUT2D eigenvalue weighted by atomic mass is 16.3. The number of rotatable bonds is 5. The minimum atomic E-state index is -0.105. The van der Waals surface area contributed by atoms with Gasteiger partial charge in [-0.3, -0.25) is 0 Å². The molecular formula is C26H44O2. The fraction of sp³-hybridized carbons (Fsp3) is 0.923. The van der Waals surface area contributed by atoms with E-state index < -0.39 is 0 Å². The lowest BCUT2D eigenvalue weighted by atomic mass is 9.47. The summed E-state index contributed by atoms with van der Waals surface area (Å²) in [5.41, 5.74) is 2.44. The number of aliphatic hydroxyl groups excluding tert-OH is 2. The smallest absolute Gasteiger partial charge is 0.0577 e. The summed E-state index contributed by atoms with van der Waals surface area (Å²) in [7, 11) is 0. The lowest BCUT2D eigenvalue weighted by molar-refractivity contribution is -0.0520. The number of aliphatic hydroxyl groups is 2. The molecule has 3 fully saturated rings. The van der Waals surface area contributed by atoms with Crippen LogP contribution in [0.3, 0.4) is 0 Å². The minimum Gasteiger partial charge on any atom is -0.393 e. The van der Waals surface area contributed by atoms with Gasteiger partial charge in [-0.1, -0.05) is 39.3 Å². The van der Waals surface area contributed by atoms with Gasteiger partial charge in [-0.05, 0) is 111 Å². The third-order valence-corrected chi connectivity index (χ3v) is 9.87. The topological polar surface area (TPSA) is 40.5 Å². The van der Waals surface area contributed by atoms with E-state index in [9.17, 15) is 10.2 Å². The molecule has 2 N–H and O–H groups in total. The van der Waals surface area contributed by atoms with Gasteiger partial charge in [-0.15, -0.1) is 0 Å². The molecular weight excluding hydrogens is 344 g/mol. The molecule has 0 aliphatic heterocycles. The molecule has 2 nitrogen and oxygen atoms in total. The zero-order chi connectivity index (χ0) is 20.1. The number of fused-ring (bicyclic) bond motifs is 5. The van der Waals surface area contributed by atoms with Gasteiger partial charge in [0.15, 0.2) is 0 Å². The maximum Gasteiger partial charge on any atom is 0.0577 e. The van der Waals surface area contributed by atoms with E-state index in [1.165, 1.54) is 44.9 Å². The summed E-state index contributed by atoms with van der Waals surface area (Å²) in [6, 6.07) is 0. The van der Waals surface area contributed by atoms with Crippen molar-refractivity contribution >= 4 is 0 Å². The second kappa shape index (κ2) is 7.73. The average Bonchev–Trinajstić information content (AvgIpc) is 2.96. The van der Waals surface area contributed by atoms with E-state index in [1.54, 1.807) is 5.57 Å². The van der Waals surface area contributed by atoms with Crippen LogP contribution in [0, 0.1) is 40.4 Å². The molecule has 0 heterocycles. The Kier molecular flexibility index (Phi) is 5.77. The van der Waals surface area contributed by atoms with Gasteiger partial charge >= 0.3 is 0 Å². The summed E-state index contributed by atoms with van der Waals surface area (Å²) in [5.74, 6) is 3.97. The first kappa shape index (κ1) is 20.9. The van der Waals surface area contributed by atoms with Crippen LogP contribution in [0.5, 0.6) is 0 Å². The second-order valence-electron chi connectivity index (χ2n) is 11.8. The lowest BCUT2D eigenvalue weighted by Crippen LogP contribution is -2.50. The Bertz CT molecular complexity index is 595. The van der Waals surface area contributed by atoms with E-state index in [2.05, 4.69) is 33.8 Å². The summed E-state index contributed by atoms with van der Waals surface area (Å²) < 4.78 is 0. The molecule has 0 aromatic heterocycles. The van der Waals surface area contributed by atoms with Crippen molar-refractivity contribution < 1.29 is 10.2 Å². The van der Waals surface area contributed by atoms with Gasteiger partial charge in [0, 0.05) is 0 Å². The molecule has 0 amide bonds. The van der Waals surface area contributed by atoms with E-state index in [-0.39, 0.29) is 12.2 Å². The molecule has 0 aromatic carbocycles. The van der Waals surface area contributed by atoms with Gasteiger partial charge in [0.25, 0.3) is 0 Å². The van der Waals surface area contributed by atoms with Crippen molar-refractivity contribution in [3.05, 3.63) is 11.6 Å². The number of allylic oxidation sites excluding steroid dienone is 1. The van der Waals surface area contributed by atoms with Gasteiger partial charge < -0.3 is 10.2 Å². The first-order chi connectivity index (χ1) is 13.2. The van der Waals surface area contributed by atoms with Crippen molar-refractivity contribution in [3.8, 4) is 0 Å². The molecule has 8 atom stereocenters. The highest BCUT2D eigenvalue weighted by molar-refractivity contribution is 5.25. The van der Waals surface area contributed by atoms with Crippen LogP contribution in [0.1, 0.15) is 98.3 Å². The molecule has 28 heavy (non-hydrogen) atoms. The molecule has 0 aromatic rings. The molecule has 0 radical (unpaired) electrons. The first-order valence-corrected chi connectivity index (χ1v) is 12.3. The molecule has 0 saturated heterocycles. The van der Waals surface area contributed by atoms with Crippen LogP contribution in [-0.4, -0.2) is 22.4 Å². The minimum absolute atomic E-state index is 0.0992. The first-order valence-electron chi connectivity index (χ1n) is 12.3. The summed E-state index contributed by atoms with van der Waals surface area (Å²) in [6.45, 7) is 9.56. The Balaban J connectivity index is 1.46. The third-order valence-electron chi connectivity index (χ3n) is 9.87. The number of hydrogen-bond acceptors (Lipinski definition) is 2. The SMILES string of the molecule is CC(C)CC(O)CCC1CCC2C3CC=C4CC(O)CCC4(C)C3CCC12C. The molecule has 8 unspecified atom stereocenters. The molecule has 160 valence electrons. The highest BCUT2D eigenvalue weighted by Gasteiger charge is 2.58. The Morgan fingerprint density at radius 1 is 1.07 bits per heavy atom. The van der Waals surface area contributed by atoms with Crippen molar-refractivity contribution in [1.29, 1.82) is 0 Å². The molecule has 2 heteroatoms. The summed E-state index contributed by atoms with van der Waals surface area (Å²) >= 11 is 0. The quantitative estimate of drug-likeness (QED) is 0.558. The van der Waals surface area contributed by atoms with Crippen LogP contribution < -0.4 is 0 Å². The lowest BCUT2D eigenvalue weighted by Gasteiger charge is -2.58. The average molecular weight is 389 g/mol. The zero-order valence-electron chi connectivity index (χ0n) is 18.8. The molecule has 3 saturated carbocycles. The molecule has 4 aliphatic carbocycles. The molecule has 0 bridgehead atoms. The molecule has 0 spiro atoms. The summed E-state index contributed by atoms with van der Waals surface area (Å²) in [4.78, 5) is 0. The summed E-state index contributed by atoms with van der Waals surface area (Å²) in [5, 5.41) is 20.6. The highest BCUT2D eigenvalue weighted by Crippen LogP contribution is 2.66. The zero-order valence-corrected chi connectivity index (χ0v) is 18.8. The van der Waals surface area contributed by atoms with Crippen molar-refractivity contribution in [1.82, 2.24) is 0 Å². The monoisotopic (exact) mass is 388 g/mol. The van der Waals surface area contributed by atoms with Crippen LogP contribution in [0.15, 0.2) is 11.6 Å². The fourth-order valence-electron chi connectivity index (χ4n) is 8.28. The van der Waals surface area contributed by atoms with Crippen LogP contribution >= 0.6 is 0 Å². The maximum atomic E-state index is 10.4. The van der Waals surface area contributed by atoms with Crippen LogP contribution in [0.25, 0.3) is 0 Å². The van der Waals surface area contributed by atoms with E-state index >= 15 is 0 Å². The third kappa shape index (κ3) is 3.51. The molecule has 4 rings (SSSR count). The second-order valence-corrected chi connectivity index (χ2v) is 11.8. The van der Waals surface area contributed by atoms with E-state index in [1.807, 2.05) is 0 Å². The number of hydrogen-bond donors (Lipinski definition) is 2. The van der Waals surface area contributed by atoms with Crippen molar-refractivity contribution in [2.45, 2.75) is 111 Å². The van der Waals surface area contributed by atoms with Crippen molar-refractivity contribution in [2.24, 2.45) is 40.4 Å².